The van der Waals surface area contributed by atoms with Crippen molar-refractivity contribution in [1.82, 2.24) is 14.9 Å². The molecule has 0 aromatic carbocycles. The van der Waals surface area contributed by atoms with E-state index in [1.54, 1.807) is 0 Å². The van der Waals surface area contributed by atoms with Crippen molar-refractivity contribution in [3.8, 4) is 0 Å². The molecule has 0 amide bonds. The van der Waals surface area contributed by atoms with E-state index in [4.69, 9.17) is 0 Å². The summed E-state index contributed by atoms with van der Waals surface area (Å²) in [5, 5.41) is 3.43. The van der Waals surface area contributed by atoms with Crippen molar-refractivity contribution in [2.45, 2.75) is 44.1 Å². The van der Waals surface area contributed by atoms with Crippen LogP contribution in [0.2, 0.25) is 0 Å². The van der Waals surface area contributed by atoms with E-state index in [1.165, 1.54) is 31.4 Å². The van der Waals surface area contributed by atoms with E-state index in [2.05, 4.69) is 28.0 Å². The molecule has 82 valence electrons. The maximum absolute atomic E-state index is 4.35. The van der Waals surface area contributed by atoms with Gasteiger partial charge in [-0.15, -0.1) is 0 Å². The average molecular weight is 205 g/mol. The molecule has 3 rings (SSSR count). The third kappa shape index (κ3) is 1.41. The largest absolute Gasteiger partial charge is 0.328 e. The Labute approximate surface area is 90.9 Å². The van der Waals surface area contributed by atoms with Crippen LogP contribution in [0.15, 0.2) is 12.5 Å². The Morgan fingerprint density at radius 3 is 3.00 bits per heavy atom. The Morgan fingerprint density at radius 2 is 2.40 bits per heavy atom. The first-order valence-corrected chi connectivity index (χ1v) is 6.03. The van der Waals surface area contributed by atoms with Gasteiger partial charge in [-0.05, 0) is 39.2 Å². The molecule has 3 heteroatoms. The molecule has 0 bridgehead atoms. The summed E-state index contributed by atoms with van der Waals surface area (Å²) >= 11 is 0. The lowest BCUT2D eigenvalue weighted by Gasteiger charge is -2.41. The van der Waals surface area contributed by atoms with Crippen LogP contribution in [0.25, 0.3) is 0 Å². The molecule has 2 aliphatic rings. The van der Waals surface area contributed by atoms with Crippen LogP contribution < -0.4 is 5.32 Å². The molecule has 1 saturated heterocycles. The normalized spacial score (nSPS) is 29.0. The fraction of sp³-hybridized carbons (Fsp3) is 0.750. The molecule has 2 heterocycles. The van der Waals surface area contributed by atoms with Gasteiger partial charge in [0.1, 0.15) is 0 Å². The molecule has 1 atom stereocenters. The van der Waals surface area contributed by atoms with Gasteiger partial charge in [-0.2, -0.15) is 0 Å². The van der Waals surface area contributed by atoms with Crippen molar-refractivity contribution < 1.29 is 0 Å². The van der Waals surface area contributed by atoms with Crippen molar-refractivity contribution in [3.63, 3.8) is 0 Å². The zero-order valence-corrected chi connectivity index (χ0v) is 9.37. The summed E-state index contributed by atoms with van der Waals surface area (Å²) in [5.41, 5.74) is 1.82. The SMILES string of the molecule is CC1(n2cncc2C2CCNC2)CCC1. The van der Waals surface area contributed by atoms with Crippen LogP contribution in [0.1, 0.15) is 44.2 Å². The summed E-state index contributed by atoms with van der Waals surface area (Å²) in [4.78, 5) is 4.35. The van der Waals surface area contributed by atoms with Gasteiger partial charge in [-0.1, -0.05) is 0 Å². The topological polar surface area (TPSA) is 29.9 Å². The Kier molecular flexibility index (Phi) is 2.09. The molecule has 1 aliphatic heterocycles. The van der Waals surface area contributed by atoms with E-state index in [0.717, 1.165) is 13.1 Å². The van der Waals surface area contributed by atoms with Crippen LogP contribution in [0.5, 0.6) is 0 Å². The lowest BCUT2D eigenvalue weighted by Crippen LogP contribution is -2.38. The first-order valence-electron chi connectivity index (χ1n) is 6.03. The fourth-order valence-corrected chi connectivity index (χ4v) is 2.89. The summed E-state index contributed by atoms with van der Waals surface area (Å²) in [6, 6.07) is 0. The van der Waals surface area contributed by atoms with Crippen LogP contribution in [0, 0.1) is 0 Å². The first-order chi connectivity index (χ1) is 7.30. The molecule has 3 nitrogen and oxygen atoms in total. The van der Waals surface area contributed by atoms with Gasteiger partial charge in [0.25, 0.3) is 0 Å². The number of aromatic nitrogens is 2. The zero-order valence-electron chi connectivity index (χ0n) is 9.37. The van der Waals surface area contributed by atoms with Gasteiger partial charge in [0, 0.05) is 29.9 Å². The van der Waals surface area contributed by atoms with Crippen LogP contribution in [0.3, 0.4) is 0 Å². The van der Waals surface area contributed by atoms with Gasteiger partial charge in [0.15, 0.2) is 0 Å². The highest BCUT2D eigenvalue weighted by Crippen LogP contribution is 2.40. The lowest BCUT2D eigenvalue weighted by molar-refractivity contribution is 0.162. The van der Waals surface area contributed by atoms with Crippen molar-refractivity contribution in [2.24, 2.45) is 0 Å². The number of imidazole rings is 1. The Balaban J connectivity index is 1.91. The molecule has 1 aromatic rings. The molecule has 0 radical (unpaired) electrons. The van der Waals surface area contributed by atoms with Gasteiger partial charge < -0.3 is 9.88 Å². The van der Waals surface area contributed by atoms with Gasteiger partial charge in [-0.25, -0.2) is 4.98 Å². The first kappa shape index (κ1) is 9.40. The van der Waals surface area contributed by atoms with Crippen molar-refractivity contribution in [1.29, 1.82) is 0 Å². The second-order valence-electron chi connectivity index (χ2n) is 5.23. The number of rotatable bonds is 2. The average Bonchev–Trinajstić information content (AvgIpc) is 2.83. The maximum Gasteiger partial charge on any atom is 0.0953 e. The van der Waals surface area contributed by atoms with Crippen molar-refractivity contribution in [2.75, 3.05) is 13.1 Å². The smallest absolute Gasteiger partial charge is 0.0953 e. The summed E-state index contributed by atoms with van der Waals surface area (Å²) < 4.78 is 2.44. The second kappa shape index (κ2) is 3.34. The van der Waals surface area contributed by atoms with E-state index in [9.17, 15) is 0 Å². The molecule has 0 spiro atoms. The third-order valence-electron chi connectivity index (χ3n) is 4.16. The predicted molar refractivity (Wildman–Crippen MR) is 60.0 cm³/mol. The minimum Gasteiger partial charge on any atom is -0.328 e. The van der Waals surface area contributed by atoms with E-state index in [1.807, 2.05) is 6.33 Å². The van der Waals surface area contributed by atoms with Gasteiger partial charge in [0.05, 0.1) is 6.33 Å². The van der Waals surface area contributed by atoms with Gasteiger partial charge in [-0.3, -0.25) is 0 Å². The fourth-order valence-electron chi connectivity index (χ4n) is 2.89. The molecule has 15 heavy (non-hydrogen) atoms. The minimum absolute atomic E-state index is 0.369. The molecule has 1 saturated carbocycles. The summed E-state index contributed by atoms with van der Waals surface area (Å²) in [6.45, 7) is 4.65. The molecular formula is C12H19N3. The zero-order chi connectivity index (χ0) is 10.3. The third-order valence-corrected chi connectivity index (χ3v) is 4.16. The standard InChI is InChI=1S/C12H19N3/c1-12(4-2-5-12)15-9-14-8-11(15)10-3-6-13-7-10/h8-10,13H,2-7H2,1H3. The monoisotopic (exact) mass is 205 g/mol. The van der Waals surface area contributed by atoms with Crippen molar-refractivity contribution in [3.05, 3.63) is 18.2 Å². The Morgan fingerprint density at radius 1 is 1.53 bits per heavy atom. The minimum atomic E-state index is 0.369. The lowest BCUT2D eigenvalue weighted by atomic mass is 9.78. The number of hydrogen-bond acceptors (Lipinski definition) is 2. The summed E-state index contributed by atoms with van der Waals surface area (Å²) in [5.74, 6) is 0.685. The van der Waals surface area contributed by atoms with Gasteiger partial charge >= 0.3 is 0 Å². The van der Waals surface area contributed by atoms with E-state index < -0.39 is 0 Å². The highest BCUT2D eigenvalue weighted by atomic mass is 15.1. The quantitative estimate of drug-likeness (QED) is 0.798. The van der Waals surface area contributed by atoms with Crippen LogP contribution in [-0.2, 0) is 5.54 Å². The number of hydrogen-bond donors (Lipinski definition) is 1. The predicted octanol–water partition coefficient (Wildman–Crippen LogP) is 1.86. The molecule has 2 fully saturated rings. The highest BCUT2D eigenvalue weighted by Gasteiger charge is 2.36. The molecule has 1 aliphatic carbocycles. The van der Waals surface area contributed by atoms with Crippen molar-refractivity contribution >= 4 is 0 Å². The summed E-state index contributed by atoms with van der Waals surface area (Å²) in [7, 11) is 0. The molecular weight excluding hydrogens is 186 g/mol. The van der Waals surface area contributed by atoms with E-state index >= 15 is 0 Å². The van der Waals surface area contributed by atoms with E-state index in [0.29, 0.717) is 11.5 Å². The Hall–Kier alpha value is -0.830. The molecule has 1 unspecified atom stereocenters. The maximum atomic E-state index is 4.35. The molecule has 1 N–H and O–H groups in total. The van der Waals surface area contributed by atoms with Crippen LogP contribution in [-0.4, -0.2) is 22.6 Å². The highest BCUT2D eigenvalue weighted by molar-refractivity contribution is 5.13. The van der Waals surface area contributed by atoms with Gasteiger partial charge in [0.2, 0.25) is 0 Å². The number of nitrogens with one attached hydrogen (secondary N) is 1. The second-order valence-corrected chi connectivity index (χ2v) is 5.23. The molecule has 1 aromatic heterocycles. The summed E-state index contributed by atoms with van der Waals surface area (Å²) in [6.07, 6.45) is 9.37. The number of nitrogens with zero attached hydrogens (tertiary/aromatic N) is 2. The Bertz CT molecular complexity index is 346. The van der Waals surface area contributed by atoms with Crippen LogP contribution in [0.4, 0.5) is 0 Å². The van der Waals surface area contributed by atoms with E-state index in [-0.39, 0.29) is 0 Å². The van der Waals surface area contributed by atoms with Crippen LogP contribution >= 0.6 is 0 Å².